The summed E-state index contributed by atoms with van der Waals surface area (Å²) in [6.07, 6.45) is -4.79. The SMILES string of the molecule is C[C@H](CCC[C@@H](O)C(F)(F)F)[C@H]1CC[C@H]2[C@@H]3CC[C@H]4C[C@](O)(C(F)(F)F)CC[C@]4(C)[C@H]3CC[C@]12C. The van der Waals surface area contributed by atoms with E-state index < -0.39 is 24.1 Å². The molecule has 0 unspecified atom stereocenters. The first-order chi connectivity index (χ1) is 16.0. The van der Waals surface area contributed by atoms with Gasteiger partial charge < -0.3 is 10.2 Å². The summed E-state index contributed by atoms with van der Waals surface area (Å²) in [7, 11) is 0. The predicted molar refractivity (Wildman–Crippen MR) is 121 cm³/mol. The van der Waals surface area contributed by atoms with Crippen LogP contribution in [-0.2, 0) is 0 Å². The summed E-state index contributed by atoms with van der Waals surface area (Å²) in [5.74, 6) is 1.99. The molecule has 0 heterocycles. The molecule has 4 aliphatic carbocycles. The standard InChI is InChI=1S/C27H42F6O2/c1-16(5-4-6-22(34)26(28,29)30)19-9-10-20-18-8-7-17-15-25(35,27(31,32)33)14-13-23(17,2)21(18)11-12-24(19,20)3/h16-22,34-35H,4-15H2,1-3H3/t16-,17+,18+,19-,20+,21+,22-,23+,24-,25+/m1/s1. The van der Waals surface area contributed by atoms with Gasteiger partial charge in [-0.05, 0) is 111 Å². The van der Waals surface area contributed by atoms with Crippen molar-refractivity contribution in [2.24, 2.45) is 46.3 Å². The molecule has 4 fully saturated rings. The number of alkyl halides is 6. The Kier molecular flexibility index (Phi) is 7.13. The molecule has 0 bridgehead atoms. The van der Waals surface area contributed by atoms with E-state index in [4.69, 9.17) is 0 Å². The van der Waals surface area contributed by atoms with Crippen LogP contribution < -0.4 is 0 Å². The summed E-state index contributed by atoms with van der Waals surface area (Å²) in [6.45, 7) is 6.67. The quantitative estimate of drug-likeness (QED) is 0.371. The van der Waals surface area contributed by atoms with Crippen molar-refractivity contribution in [2.75, 3.05) is 0 Å². The van der Waals surface area contributed by atoms with Gasteiger partial charge in [-0.3, -0.25) is 0 Å². The van der Waals surface area contributed by atoms with Crippen LogP contribution in [0.3, 0.4) is 0 Å². The Morgan fingerprint density at radius 2 is 1.49 bits per heavy atom. The molecule has 0 saturated heterocycles. The van der Waals surface area contributed by atoms with E-state index >= 15 is 0 Å². The third-order valence-corrected chi connectivity index (χ3v) is 11.5. The molecule has 0 amide bonds. The van der Waals surface area contributed by atoms with E-state index in [-0.39, 0.29) is 41.9 Å². The molecule has 0 aromatic carbocycles. The number of halogens is 6. The lowest BCUT2D eigenvalue weighted by atomic mass is 9.43. The van der Waals surface area contributed by atoms with E-state index in [9.17, 15) is 36.6 Å². The van der Waals surface area contributed by atoms with E-state index in [1.54, 1.807) is 0 Å². The number of aliphatic hydroxyl groups excluding tert-OH is 1. The van der Waals surface area contributed by atoms with Crippen LogP contribution in [-0.4, -0.2) is 34.3 Å². The van der Waals surface area contributed by atoms with Crippen LogP contribution in [0.4, 0.5) is 26.3 Å². The maximum Gasteiger partial charge on any atom is 0.417 e. The molecular weight excluding hydrogens is 470 g/mol. The van der Waals surface area contributed by atoms with Gasteiger partial charge in [0.15, 0.2) is 5.60 Å². The molecule has 0 aliphatic heterocycles. The van der Waals surface area contributed by atoms with Crippen LogP contribution >= 0.6 is 0 Å². The Morgan fingerprint density at radius 1 is 0.829 bits per heavy atom. The first-order valence-corrected chi connectivity index (χ1v) is 13.6. The van der Waals surface area contributed by atoms with Crippen molar-refractivity contribution in [3.05, 3.63) is 0 Å². The highest BCUT2D eigenvalue weighted by atomic mass is 19.4. The molecule has 2 nitrogen and oxygen atoms in total. The van der Waals surface area contributed by atoms with Gasteiger partial charge in [0.2, 0.25) is 0 Å². The largest absolute Gasteiger partial charge is 0.417 e. The van der Waals surface area contributed by atoms with Gasteiger partial charge >= 0.3 is 12.4 Å². The molecule has 4 aliphatic rings. The van der Waals surface area contributed by atoms with Crippen molar-refractivity contribution >= 4 is 0 Å². The van der Waals surface area contributed by atoms with Gasteiger partial charge in [-0.15, -0.1) is 0 Å². The first kappa shape index (κ1) is 27.5. The third kappa shape index (κ3) is 4.66. The Labute approximate surface area is 205 Å². The molecule has 0 aromatic rings. The lowest BCUT2D eigenvalue weighted by molar-refractivity contribution is -0.290. The second-order valence-corrected chi connectivity index (χ2v) is 13.1. The van der Waals surface area contributed by atoms with Crippen LogP contribution in [0.25, 0.3) is 0 Å². The molecule has 10 atom stereocenters. The minimum atomic E-state index is -4.58. The highest BCUT2D eigenvalue weighted by Crippen LogP contribution is 2.69. The summed E-state index contributed by atoms with van der Waals surface area (Å²) < 4.78 is 78.6. The van der Waals surface area contributed by atoms with Gasteiger partial charge in [0.25, 0.3) is 0 Å². The average Bonchev–Trinajstić information content (AvgIpc) is 3.10. The van der Waals surface area contributed by atoms with Gasteiger partial charge in [0, 0.05) is 0 Å². The van der Waals surface area contributed by atoms with Crippen LogP contribution in [0.2, 0.25) is 0 Å². The van der Waals surface area contributed by atoms with Gasteiger partial charge in [-0.2, -0.15) is 26.3 Å². The number of aliphatic hydroxyl groups is 2. The highest BCUT2D eigenvalue weighted by molar-refractivity contribution is 5.11. The lowest BCUT2D eigenvalue weighted by Crippen LogP contribution is -2.59. The van der Waals surface area contributed by atoms with Crippen molar-refractivity contribution in [3.8, 4) is 0 Å². The van der Waals surface area contributed by atoms with Gasteiger partial charge in [-0.1, -0.05) is 33.6 Å². The number of rotatable bonds is 5. The molecule has 35 heavy (non-hydrogen) atoms. The first-order valence-electron chi connectivity index (χ1n) is 13.6. The van der Waals surface area contributed by atoms with Crippen molar-refractivity contribution in [1.82, 2.24) is 0 Å². The smallest absolute Gasteiger partial charge is 0.384 e. The Balaban J connectivity index is 1.42. The number of hydrogen-bond acceptors (Lipinski definition) is 2. The minimum Gasteiger partial charge on any atom is -0.384 e. The Morgan fingerprint density at radius 3 is 2.11 bits per heavy atom. The fraction of sp³-hybridized carbons (Fsp3) is 1.00. The zero-order valence-corrected chi connectivity index (χ0v) is 21.2. The third-order valence-electron chi connectivity index (χ3n) is 11.5. The average molecular weight is 513 g/mol. The summed E-state index contributed by atoms with van der Waals surface area (Å²) in [5.41, 5.74) is -2.60. The summed E-state index contributed by atoms with van der Waals surface area (Å²) in [4.78, 5) is 0. The van der Waals surface area contributed by atoms with E-state index in [1.165, 1.54) is 0 Å². The molecule has 0 aromatic heterocycles. The zero-order chi connectivity index (χ0) is 26.0. The maximum atomic E-state index is 13.6. The Bertz CT molecular complexity index is 768. The van der Waals surface area contributed by atoms with Crippen molar-refractivity contribution in [1.29, 1.82) is 0 Å². The minimum absolute atomic E-state index is 0.107. The molecule has 0 radical (unpaired) electrons. The van der Waals surface area contributed by atoms with Crippen LogP contribution in [0.1, 0.15) is 97.8 Å². The maximum absolute atomic E-state index is 13.6. The topological polar surface area (TPSA) is 40.5 Å². The summed E-state index contributed by atoms with van der Waals surface area (Å²) >= 11 is 0. The van der Waals surface area contributed by atoms with Crippen molar-refractivity contribution in [3.63, 3.8) is 0 Å². The molecule has 0 spiro atoms. The zero-order valence-electron chi connectivity index (χ0n) is 21.2. The molecule has 4 rings (SSSR count). The van der Waals surface area contributed by atoms with Gasteiger partial charge in [0.1, 0.15) is 6.10 Å². The number of fused-ring (bicyclic) bond motifs is 5. The summed E-state index contributed by atoms with van der Waals surface area (Å²) in [6, 6.07) is 0. The van der Waals surface area contributed by atoms with E-state index in [0.717, 1.165) is 38.5 Å². The summed E-state index contributed by atoms with van der Waals surface area (Å²) in [5, 5.41) is 19.7. The molecule has 2 N–H and O–H groups in total. The number of hydrogen-bond donors (Lipinski definition) is 2. The van der Waals surface area contributed by atoms with E-state index in [2.05, 4.69) is 20.8 Å². The molecule has 204 valence electrons. The van der Waals surface area contributed by atoms with E-state index in [1.807, 2.05) is 0 Å². The van der Waals surface area contributed by atoms with Gasteiger partial charge in [0.05, 0.1) is 0 Å². The van der Waals surface area contributed by atoms with Gasteiger partial charge in [-0.25, -0.2) is 0 Å². The predicted octanol–water partition coefficient (Wildman–Crippen LogP) is 7.67. The van der Waals surface area contributed by atoms with Crippen molar-refractivity contribution < 1.29 is 36.6 Å². The fourth-order valence-electron chi connectivity index (χ4n) is 9.48. The molecular formula is C27H42F6O2. The Hall–Kier alpha value is -0.500. The second kappa shape index (κ2) is 9.06. The molecule has 8 heteroatoms. The second-order valence-electron chi connectivity index (χ2n) is 13.1. The monoisotopic (exact) mass is 512 g/mol. The van der Waals surface area contributed by atoms with E-state index in [0.29, 0.717) is 42.9 Å². The van der Waals surface area contributed by atoms with Crippen LogP contribution in [0.15, 0.2) is 0 Å². The normalized spacial score (nSPS) is 45.9. The fourth-order valence-corrected chi connectivity index (χ4v) is 9.48. The highest BCUT2D eigenvalue weighted by Gasteiger charge is 2.65. The van der Waals surface area contributed by atoms with Crippen molar-refractivity contribution in [2.45, 2.75) is 122 Å². The van der Waals surface area contributed by atoms with Crippen LogP contribution in [0, 0.1) is 46.3 Å². The lowest BCUT2D eigenvalue weighted by Gasteiger charge is -2.62. The van der Waals surface area contributed by atoms with Crippen LogP contribution in [0.5, 0.6) is 0 Å². The molecule has 4 saturated carbocycles.